The highest BCUT2D eigenvalue weighted by Gasteiger charge is 2.28. The van der Waals surface area contributed by atoms with Crippen molar-refractivity contribution in [2.75, 3.05) is 31.9 Å². The first kappa shape index (κ1) is 15.4. The van der Waals surface area contributed by atoms with Gasteiger partial charge in [0.1, 0.15) is 0 Å². The van der Waals surface area contributed by atoms with Crippen LogP contribution in [-0.2, 0) is 14.8 Å². The predicted octanol–water partition coefficient (Wildman–Crippen LogP) is 0.207. The second-order valence-electron chi connectivity index (χ2n) is 4.65. The summed E-state index contributed by atoms with van der Waals surface area (Å²) in [4.78, 5) is 12.7. The molecule has 106 valence electrons. The molecular formula is C11H22N2O4S. The molecule has 0 amide bonds. The molecule has 1 N–H and O–H groups in total. The van der Waals surface area contributed by atoms with Gasteiger partial charge in [0.05, 0.1) is 12.2 Å². The second kappa shape index (κ2) is 6.49. The van der Waals surface area contributed by atoms with Crippen molar-refractivity contribution in [1.82, 2.24) is 9.21 Å². The maximum atomic E-state index is 11.9. The van der Waals surface area contributed by atoms with Crippen molar-refractivity contribution in [3.05, 3.63) is 0 Å². The Morgan fingerprint density at radius 2 is 1.83 bits per heavy atom. The van der Waals surface area contributed by atoms with E-state index in [0.29, 0.717) is 19.1 Å². The summed E-state index contributed by atoms with van der Waals surface area (Å²) >= 11 is 0. The quantitative estimate of drug-likeness (QED) is 0.751. The molecule has 1 aliphatic rings. The number of carbonyl (C=O) groups is 1. The Morgan fingerprint density at radius 1 is 1.28 bits per heavy atom. The molecule has 6 nitrogen and oxygen atoms in total. The lowest BCUT2D eigenvalue weighted by atomic mass is 10.2. The molecule has 1 atom stereocenters. The highest BCUT2D eigenvalue weighted by molar-refractivity contribution is 7.89. The summed E-state index contributed by atoms with van der Waals surface area (Å²) in [6.07, 6.45) is 0.722. The number of carboxylic acid groups (broad SMARTS) is 1. The van der Waals surface area contributed by atoms with E-state index in [2.05, 4.69) is 18.7 Å². The highest BCUT2D eigenvalue weighted by Crippen LogP contribution is 2.12. The van der Waals surface area contributed by atoms with Crippen molar-refractivity contribution in [2.45, 2.75) is 32.7 Å². The molecule has 0 bridgehead atoms. The van der Waals surface area contributed by atoms with E-state index < -0.39 is 16.0 Å². The maximum absolute atomic E-state index is 11.9. The van der Waals surface area contributed by atoms with E-state index in [1.54, 1.807) is 0 Å². The zero-order chi connectivity index (χ0) is 13.8. The molecule has 0 radical (unpaired) electrons. The van der Waals surface area contributed by atoms with Crippen LogP contribution in [0.4, 0.5) is 0 Å². The number of carboxylic acids is 1. The van der Waals surface area contributed by atoms with Gasteiger partial charge in [-0.1, -0.05) is 6.92 Å². The number of hydrogen-bond donors (Lipinski definition) is 1. The number of rotatable bonds is 6. The van der Waals surface area contributed by atoms with Gasteiger partial charge in [-0.05, 0) is 13.3 Å². The summed E-state index contributed by atoms with van der Waals surface area (Å²) < 4.78 is 25.2. The Morgan fingerprint density at radius 3 is 2.28 bits per heavy atom. The van der Waals surface area contributed by atoms with Crippen molar-refractivity contribution >= 4 is 16.0 Å². The van der Waals surface area contributed by atoms with Gasteiger partial charge in [0.2, 0.25) is 10.0 Å². The third-order valence-corrected chi connectivity index (χ3v) is 5.33. The van der Waals surface area contributed by atoms with E-state index in [4.69, 9.17) is 5.11 Å². The Kier molecular flexibility index (Phi) is 5.55. The van der Waals surface area contributed by atoms with Gasteiger partial charge in [-0.3, -0.25) is 9.69 Å². The van der Waals surface area contributed by atoms with E-state index >= 15 is 0 Å². The van der Waals surface area contributed by atoms with Crippen LogP contribution in [0.5, 0.6) is 0 Å². The third kappa shape index (κ3) is 4.22. The third-order valence-electron chi connectivity index (χ3n) is 3.45. The lowest BCUT2D eigenvalue weighted by Gasteiger charge is -2.37. The first-order valence-electron chi connectivity index (χ1n) is 6.30. The zero-order valence-corrected chi connectivity index (χ0v) is 11.8. The summed E-state index contributed by atoms with van der Waals surface area (Å²) in [6, 6.07) is 0.467. The minimum absolute atomic E-state index is 0.300. The summed E-state index contributed by atoms with van der Waals surface area (Å²) in [5, 5.41) is 8.53. The summed E-state index contributed by atoms with van der Waals surface area (Å²) in [7, 11) is -3.41. The lowest BCUT2D eigenvalue weighted by molar-refractivity contribution is -0.136. The number of nitrogens with zero attached hydrogens (tertiary/aromatic N) is 2. The maximum Gasteiger partial charge on any atom is 0.304 e. The van der Waals surface area contributed by atoms with Crippen LogP contribution in [0.15, 0.2) is 0 Å². The fourth-order valence-corrected chi connectivity index (χ4v) is 3.44. The fraction of sp³-hybridized carbons (Fsp3) is 0.909. The molecule has 0 saturated carbocycles. The van der Waals surface area contributed by atoms with E-state index in [-0.39, 0.29) is 12.2 Å². The molecule has 0 aromatic rings. The monoisotopic (exact) mass is 278 g/mol. The number of sulfonamides is 1. The van der Waals surface area contributed by atoms with Crippen molar-refractivity contribution < 1.29 is 18.3 Å². The first-order valence-corrected chi connectivity index (χ1v) is 7.91. The topological polar surface area (TPSA) is 77.9 Å². The van der Waals surface area contributed by atoms with Gasteiger partial charge in [0.15, 0.2) is 0 Å². The molecule has 1 aliphatic heterocycles. The van der Waals surface area contributed by atoms with Gasteiger partial charge in [0, 0.05) is 32.2 Å². The van der Waals surface area contributed by atoms with E-state index in [1.165, 1.54) is 4.31 Å². The summed E-state index contributed by atoms with van der Waals surface area (Å²) in [5.41, 5.74) is 0. The molecule has 0 aromatic carbocycles. The van der Waals surface area contributed by atoms with Crippen LogP contribution >= 0.6 is 0 Å². The van der Waals surface area contributed by atoms with Crippen LogP contribution in [0.3, 0.4) is 0 Å². The molecule has 1 rings (SSSR count). The van der Waals surface area contributed by atoms with Crippen molar-refractivity contribution in [1.29, 1.82) is 0 Å². The Bertz CT molecular complexity index is 375. The molecule has 1 saturated heterocycles. The molecule has 1 heterocycles. The Labute approximate surface area is 109 Å². The number of aliphatic carboxylic acids is 1. The standard InChI is InChI=1S/C11H22N2O4S/c1-3-10(2)12-5-7-13(8-6-12)18(16,17)9-4-11(14)15/h10H,3-9H2,1-2H3,(H,14,15). The summed E-state index contributed by atoms with van der Waals surface area (Å²) in [5.74, 6) is -1.37. The molecule has 0 aromatic heterocycles. The number of hydrogen-bond acceptors (Lipinski definition) is 4. The van der Waals surface area contributed by atoms with Gasteiger partial charge in [-0.2, -0.15) is 4.31 Å². The van der Waals surface area contributed by atoms with Crippen molar-refractivity contribution in [2.24, 2.45) is 0 Å². The molecule has 1 unspecified atom stereocenters. The van der Waals surface area contributed by atoms with Gasteiger partial charge in [-0.25, -0.2) is 8.42 Å². The fourth-order valence-electron chi connectivity index (χ4n) is 2.03. The van der Waals surface area contributed by atoms with Crippen LogP contribution in [0.2, 0.25) is 0 Å². The smallest absolute Gasteiger partial charge is 0.304 e. The van der Waals surface area contributed by atoms with Crippen LogP contribution in [0.1, 0.15) is 26.7 Å². The van der Waals surface area contributed by atoms with E-state index in [1.807, 2.05) is 0 Å². The van der Waals surface area contributed by atoms with Crippen LogP contribution in [0.25, 0.3) is 0 Å². The molecule has 18 heavy (non-hydrogen) atoms. The second-order valence-corrected chi connectivity index (χ2v) is 6.74. The first-order chi connectivity index (χ1) is 8.36. The van der Waals surface area contributed by atoms with Gasteiger partial charge < -0.3 is 5.11 Å². The molecule has 0 aliphatic carbocycles. The SMILES string of the molecule is CCC(C)N1CCN(S(=O)(=O)CCC(=O)O)CC1. The summed E-state index contributed by atoms with van der Waals surface area (Å²) in [6.45, 7) is 6.62. The van der Waals surface area contributed by atoms with Crippen LogP contribution in [-0.4, -0.2) is 66.7 Å². The van der Waals surface area contributed by atoms with Gasteiger partial charge in [0.25, 0.3) is 0 Å². The predicted molar refractivity (Wildman–Crippen MR) is 68.9 cm³/mol. The number of piperazine rings is 1. The Hall–Kier alpha value is -0.660. The van der Waals surface area contributed by atoms with Gasteiger partial charge >= 0.3 is 5.97 Å². The van der Waals surface area contributed by atoms with Crippen LogP contribution in [0, 0.1) is 0 Å². The molecule has 1 fully saturated rings. The highest BCUT2D eigenvalue weighted by atomic mass is 32.2. The largest absolute Gasteiger partial charge is 0.481 e. The van der Waals surface area contributed by atoms with E-state index in [0.717, 1.165) is 19.5 Å². The minimum atomic E-state index is -3.41. The normalized spacial score (nSPS) is 20.8. The molecule has 7 heteroatoms. The average molecular weight is 278 g/mol. The Balaban J connectivity index is 2.49. The van der Waals surface area contributed by atoms with Crippen molar-refractivity contribution in [3.63, 3.8) is 0 Å². The minimum Gasteiger partial charge on any atom is -0.481 e. The average Bonchev–Trinajstić information content (AvgIpc) is 2.36. The van der Waals surface area contributed by atoms with Gasteiger partial charge in [-0.15, -0.1) is 0 Å². The lowest BCUT2D eigenvalue weighted by Crippen LogP contribution is -2.51. The van der Waals surface area contributed by atoms with E-state index in [9.17, 15) is 13.2 Å². The zero-order valence-electron chi connectivity index (χ0n) is 11.0. The molecular weight excluding hydrogens is 256 g/mol. The van der Waals surface area contributed by atoms with Crippen molar-refractivity contribution in [3.8, 4) is 0 Å². The van der Waals surface area contributed by atoms with Crippen LogP contribution < -0.4 is 0 Å². The molecule has 0 spiro atoms.